The quantitative estimate of drug-likeness (QED) is 0.713. The van der Waals surface area contributed by atoms with E-state index in [0.29, 0.717) is 19.4 Å². The molecule has 3 saturated carbocycles. The molecule has 0 unspecified atom stereocenters. The zero-order valence-corrected chi connectivity index (χ0v) is 16.6. The summed E-state index contributed by atoms with van der Waals surface area (Å²) in [6.45, 7) is 2.63. The van der Waals surface area contributed by atoms with Crippen molar-refractivity contribution in [3.8, 4) is 0 Å². The topological polar surface area (TPSA) is 83.8 Å². The van der Waals surface area contributed by atoms with Crippen molar-refractivity contribution in [1.29, 1.82) is 0 Å². The second-order valence-corrected chi connectivity index (χ2v) is 10.0. The molecule has 2 N–H and O–H groups in total. The van der Waals surface area contributed by atoms with E-state index < -0.39 is 5.60 Å². The standard InChI is InChI=1S/C23H30O5/c1-21-7-5-18-19(3-2-15-11-16(25)4-8-22(15,18)13-24)23(21,27)9-6-17(21)14-10-20(26)28-12-14/h10-11,17-19,24,27H,2-9,12-13H2,1H3/t17-,18+,19-,21+,22-,23-/m0/s1. The Hall–Kier alpha value is -1.46. The molecule has 5 rings (SSSR count). The number of carbonyl (C=O) groups excluding carboxylic acids is 2. The van der Waals surface area contributed by atoms with Gasteiger partial charge in [-0.1, -0.05) is 12.5 Å². The highest BCUT2D eigenvalue weighted by molar-refractivity contribution is 5.91. The normalized spacial score (nSPS) is 47.6. The van der Waals surface area contributed by atoms with Crippen molar-refractivity contribution in [3.63, 3.8) is 0 Å². The van der Waals surface area contributed by atoms with Crippen LogP contribution in [-0.4, -0.2) is 40.8 Å². The predicted molar refractivity (Wildman–Crippen MR) is 102 cm³/mol. The van der Waals surface area contributed by atoms with Gasteiger partial charge in [-0.3, -0.25) is 4.79 Å². The molecule has 5 heteroatoms. The summed E-state index contributed by atoms with van der Waals surface area (Å²) < 4.78 is 5.17. The van der Waals surface area contributed by atoms with Crippen molar-refractivity contribution in [3.05, 3.63) is 23.3 Å². The molecule has 0 amide bonds. The highest BCUT2D eigenvalue weighted by Crippen LogP contribution is 2.69. The largest absolute Gasteiger partial charge is 0.458 e. The molecule has 0 aromatic carbocycles. The molecular formula is C23H30O5. The Balaban J connectivity index is 1.52. The second kappa shape index (κ2) is 6.02. The Morgan fingerprint density at radius 2 is 1.89 bits per heavy atom. The number of ether oxygens (including phenoxy) is 1. The van der Waals surface area contributed by atoms with Gasteiger partial charge in [0.1, 0.15) is 6.61 Å². The van der Waals surface area contributed by atoms with Gasteiger partial charge in [0.25, 0.3) is 0 Å². The van der Waals surface area contributed by atoms with Crippen molar-refractivity contribution >= 4 is 11.8 Å². The molecule has 1 heterocycles. The average molecular weight is 386 g/mol. The molecule has 5 aliphatic rings. The Morgan fingerprint density at radius 3 is 2.61 bits per heavy atom. The molecule has 0 spiro atoms. The number of hydrogen-bond donors (Lipinski definition) is 2. The third kappa shape index (κ3) is 2.20. The van der Waals surface area contributed by atoms with Gasteiger partial charge < -0.3 is 14.9 Å². The van der Waals surface area contributed by atoms with Crippen LogP contribution < -0.4 is 0 Å². The average Bonchev–Trinajstić information content (AvgIpc) is 3.22. The summed E-state index contributed by atoms with van der Waals surface area (Å²) in [5, 5.41) is 22.5. The predicted octanol–water partition coefficient (Wildman–Crippen LogP) is 2.71. The molecule has 0 aromatic rings. The fraction of sp³-hybridized carbons (Fsp3) is 0.739. The maximum atomic E-state index is 12.1. The van der Waals surface area contributed by atoms with Crippen molar-refractivity contribution in [2.45, 2.75) is 63.9 Å². The van der Waals surface area contributed by atoms with Crippen molar-refractivity contribution in [2.75, 3.05) is 13.2 Å². The molecular weight excluding hydrogens is 356 g/mol. The minimum atomic E-state index is -0.789. The maximum absolute atomic E-state index is 12.1. The fourth-order valence-corrected chi connectivity index (χ4v) is 7.82. The van der Waals surface area contributed by atoms with E-state index in [2.05, 4.69) is 6.92 Å². The summed E-state index contributed by atoms with van der Waals surface area (Å²) in [5.74, 6) is 0.446. The monoisotopic (exact) mass is 386 g/mol. The smallest absolute Gasteiger partial charge is 0.331 e. The molecule has 1 aliphatic heterocycles. The van der Waals surface area contributed by atoms with Gasteiger partial charge in [0.05, 0.1) is 12.2 Å². The Bertz CT molecular complexity index is 797. The van der Waals surface area contributed by atoms with E-state index in [0.717, 1.165) is 49.7 Å². The van der Waals surface area contributed by atoms with Crippen LogP contribution >= 0.6 is 0 Å². The number of ketones is 1. The van der Waals surface area contributed by atoms with Crippen LogP contribution in [0.2, 0.25) is 0 Å². The lowest BCUT2D eigenvalue weighted by Gasteiger charge is -2.62. The Labute approximate surface area is 165 Å². The lowest BCUT2D eigenvalue weighted by molar-refractivity contribution is -0.187. The molecule has 5 nitrogen and oxygen atoms in total. The summed E-state index contributed by atoms with van der Waals surface area (Å²) in [6.07, 6.45) is 9.75. The molecule has 28 heavy (non-hydrogen) atoms. The van der Waals surface area contributed by atoms with Gasteiger partial charge in [-0.15, -0.1) is 0 Å². The Kier molecular flexibility index (Phi) is 3.99. The number of aliphatic hydroxyl groups is 2. The van der Waals surface area contributed by atoms with E-state index in [1.165, 1.54) is 0 Å². The van der Waals surface area contributed by atoms with Gasteiger partial charge in [0, 0.05) is 23.3 Å². The minimum Gasteiger partial charge on any atom is -0.458 e. The lowest BCUT2D eigenvalue weighted by atomic mass is 9.44. The van der Waals surface area contributed by atoms with E-state index in [1.54, 1.807) is 12.2 Å². The minimum absolute atomic E-state index is 0.0665. The van der Waals surface area contributed by atoms with Crippen molar-refractivity contribution in [2.24, 2.45) is 28.6 Å². The van der Waals surface area contributed by atoms with Gasteiger partial charge in [0.15, 0.2) is 5.78 Å². The first kappa shape index (κ1) is 18.6. The first-order valence-corrected chi connectivity index (χ1v) is 10.8. The van der Waals surface area contributed by atoms with Crippen molar-refractivity contribution in [1.82, 2.24) is 0 Å². The third-order valence-electron chi connectivity index (χ3n) is 9.29. The number of cyclic esters (lactones) is 1. The van der Waals surface area contributed by atoms with Gasteiger partial charge in [-0.25, -0.2) is 4.79 Å². The number of esters is 1. The molecule has 0 aromatic heterocycles. The summed E-state index contributed by atoms with van der Waals surface area (Å²) in [4.78, 5) is 23.6. The van der Waals surface area contributed by atoms with Gasteiger partial charge in [-0.05, 0) is 74.3 Å². The number of hydrogen-bond acceptors (Lipinski definition) is 5. The Morgan fingerprint density at radius 1 is 1.07 bits per heavy atom. The van der Waals surface area contributed by atoms with Crippen LogP contribution in [0, 0.1) is 28.6 Å². The number of rotatable bonds is 2. The molecule has 3 fully saturated rings. The fourth-order valence-electron chi connectivity index (χ4n) is 7.82. The third-order valence-corrected chi connectivity index (χ3v) is 9.29. The van der Waals surface area contributed by atoms with Crippen LogP contribution in [0.15, 0.2) is 23.3 Å². The zero-order valence-electron chi connectivity index (χ0n) is 16.6. The van der Waals surface area contributed by atoms with Gasteiger partial charge in [0.2, 0.25) is 0 Å². The zero-order chi connectivity index (χ0) is 19.7. The first-order chi connectivity index (χ1) is 13.3. The van der Waals surface area contributed by atoms with Crippen molar-refractivity contribution < 1.29 is 24.5 Å². The van der Waals surface area contributed by atoms with Crippen LogP contribution in [0.25, 0.3) is 0 Å². The highest BCUT2D eigenvalue weighted by Gasteiger charge is 2.67. The van der Waals surface area contributed by atoms with E-state index in [1.807, 2.05) is 0 Å². The molecule has 0 bridgehead atoms. The molecule has 0 saturated heterocycles. The summed E-state index contributed by atoms with van der Waals surface area (Å²) in [7, 11) is 0. The lowest BCUT2D eigenvalue weighted by Crippen LogP contribution is -2.62. The molecule has 0 radical (unpaired) electrons. The molecule has 6 atom stereocenters. The summed E-state index contributed by atoms with van der Waals surface area (Å²) in [6, 6.07) is 0. The number of aliphatic hydroxyl groups excluding tert-OH is 1. The van der Waals surface area contributed by atoms with Crippen LogP contribution in [0.1, 0.15) is 58.3 Å². The summed E-state index contributed by atoms with van der Waals surface area (Å²) >= 11 is 0. The second-order valence-electron chi connectivity index (χ2n) is 10.0. The first-order valence-electron chi connectivity index (χ1n) is 10.8. The summed E-state index contributed by atoms with van der Waals surface area (Å²) in [5.41, 5.74) is 0.765. The van der Waals surface area contributed by atoms with Crippen LogP contribution in [-0.2, 0) is 14.3 Å². The molecule has 4 aliphatic carbocycles. The van der Waals surface area contributed by atoms with Gasteiger partial charge >= 0.3 is 5.97 Å². The van der Waals surface area contributed by atoms with E-state index in [4.69, 9.17) is 4.74 Å². The van der Waals surface area contributed by atoms with E-state index in [9.17, 15) is 19.8 Å². The highest BCUT2D eigenvalue weighted by atomic mass is 16.5. The van der Waals surface area contributed by atoms with Gasteiger partial charge in [-0.2, -0.15) is 0 Å². The van der Waals surface area contributed by atoms with Crippen LogP contribution in [0.5, 0.6) is 0 Å². The van der Waals surface area contributed by atoms with Crippen LogP contribution in [0.3, 0.4) is 0 Å². The maximum Gasteiger partial charge on any atom is 0.331 e. The van der Waals surface area contributed by atoms with E-state index >= 15 is 0 Å². The molecule has 152 valence electrons. The SMILES string of the molecule is C[C@]12CC[C@@H]3[C@H](CCC4=CC(=O)CC[C@]43CO)[C@@]1(O)CC[C@H]2C1=CC(=O)OC1. The number of carbonyl (C=O) groups is 2. The number of fused-ring (bicyclic) bond motifs is 5. The van der Waals surface area contributed by atoms with E-state index in [-0.39, 0.29) is 46.9 Å². The van der Waals surface area contributed by atoms with Crippen LogP contribution in [0.4, 0.5) is 0 Å².